The van der Waals surface area contributed by atoms with Crippen molar-refractivity contribution in [2.24, 2.45) is 7.05 Å². The second-order valence-electron chi connectivity index (χ2n) is 6.21. The van der Waals surface area contributed by atoms with E-state index < -0.39 is 0 Å². The molecule has 4 heteroatoms. The molecule has 1 heterocycles. The lowest BCUT2D eigenvalue weighted by molar-refractivity contribution is 0.211. The Morgan fingerprint density at radius 2 is 1.96 bits per heavy atom. The van der Waals surface area contributed by atoms with Crippen molar-refractivity contribution < 1.29 is 4.74 Å². The molecule has 0 aliphatic heterocycles. The number of ether oxygens (including phenoxy) is 1. The third-order valence-corrected chi connectivity index (χ3v) is 5.18. The first-order valence-electron chi connectivity index (χ1n) is 8.11. The summed E-state index contributed by atoms with van der Waals surface area (Å²) in [6.45, 7) is 1.86. The highest BCUT2D eigenvalue weighted by atomic mass is 32.2. The number of rotatable bonds is 4. The Kier molecular flexibility index (Phi) is 4.81. The minimum atomic E-state index is 0.0491. The first kappa shape index (κ1) is 16.2. The van der Waals surface area contributed by atoms with Gasteiger partial charge in [-0.2, -0.15) is 0 Å². The topological polar surface area (TPSA) is 31.2 Å². The molecule has 3 nitrogen and oxygen atoms in total. The molecular weight excluding hydrogens is 306 g/mol. The van der Waals surface area contributed by atoms with E-state index >= 15 is 0 Å². The van der Waals surface area contributed by atoms with E-state index in [0.29, 0.717) is 6.10 Å². The molecule has 3 rings (SSSR count). The smallest absolute Gasteiger partial charge is 0.253 e. The van der Waals surface area contributed by atoms with Crippen LogP contribution in [0.25, 0.3) is 11.1 Å². The predicted molar refractivity (Wildman–Crippen MR) is 96.5 cm³/mol. The number of benzene rings is 1. The van der Waals surface area contributed by atoms with E-state index in [9.17, 15) is 4.79 Å². The first-order valence-corrected chi connectivity index (χ1v) is 9.33. The summed E-state index contributed by atoms with van der Waals surface area (Å²) in [5.74, 6) is 0.924. The van der Waals surface area contributed by atoms with Gasteiger partial charge in [-0.25, -0.2) is 0 Å². The minimum Gasteiger partial charge on any atom is -0.490 e. The third-order valence-electron chi connectivity index (χ3n) is 4.46. The van der Waals surface area contributed by atoms with Crippen LogP contribution in [0.4, 0.5) is 0 Å². The number of hydrogen-bond donors (Lipinski definition) is 0. The van der Waals surface area contributed by atoms with Gasteiger partial charge in [0.05, 0.1) is 6.10 Å². The van der Waals surface area contributed by atoms with Crippen LogP contribution in [-0.4, -0.2) is 16.9 Å². The van der Waals surface area contributed by atoms with Crippen LogP contribution in [0.3, 0.4) is 0 Å². The molecule has 1 aromatic heterocycles. The predicted octanol–water partition coefficient (Wildman–Crippen LogP) is 4.40. The van der Waals surface area contributed by atoms with Crippen molar-refractivity contribution in [3.05, 3.63) is 46.4 Å². The fourth-order valence-corrected chi connectivity index (χ4v) is 3.61. The number of aromatic nitrogens is 1. The van der Waals surface area contributed by atoms with E-state index in [1.807, 2.05) is 19.2 Å². The second-order valence-corrected chi connectivity index (χ2v) is 7.09. The maximum atomic E-state index is 12.0. The lowest BCUT2D eigenvalue weighted by Gasteiger charge is -2.18. The Labute approximate surface area is 141 Å². The van der Waals surface area contributed by atoms with Crippen molar-refractivity contribution >= 4 is 11.8 Å². The van der Waals surface area contributed by atoms with Crippen LogP contribution in [0.1, 0.15) is 31.2 Å². The zero-order valence-corrected chi connectivity index (χ0v) is 14.8. The van der Waals surface area contributed by atoms with Crippen molar-refractivity contribution in [2.75, 3.05) is 6.26 Å². The molecule has 1 fully saturated rings. The molecule has 0 atom stereocenters. The van der Waals surface area contributed by atoms with E-state index in [0.717, 1.165) is 35.3 Å². The Balaban J connectivity index is 2.06. The number of pyridine rings is 1. The number of thioether (sulfide) groups is 1. The van der Waals surface area contributed by atoms with Crippen LogP contribution in [-0.2, 0) is 7.05 Å². The van der Waals surface area contributed by atoms with Gasteiger partial charge in [0.25, 0.3) is 5.56 Å². The van der Waals surface area contributed by atoms with Gasteiger partial charge in [-0.15, -0.1) is 11.8 Å². The van der Waals surface area contributed by atoms with Gasteiger partial charge in [-0.1, -0.05) is 0 Å². The lowest BCUT2D eigenvalue weighted by atomic mass is 10.0. The molecule has 23 heavy (non-hydrogen) atoms. The SMILES string of the molecule is CSc1ccc(OC2CCCC2)c(-c2cc(C)c(=O)n(C)c2)c1. The summed E-state index contributed by atoms with van der Waals surface area (Å²) in [5.41, 5.74) is 2.91. The quantitative estimate of drug-likeness (QED) is 0.779. The standard InChI is InChI=1S/C19H23NO2S/c1-13-10-14(12-20(2)19(13)21)17-11-16(23-3)8-9-18(17)22-15-6-4-5-7-15/h8-12,15H,4-7H2,1-3H3. The molecule has 122 valence electrons. The van der Waals surface area contributed by atoms with E-state index in [1.165, 1.54) is 17.7 Å². The average Bonchev–Trinajstić information content (AvgIpc) is 3.05. The summed E-state index contributed by atoms with van der Waals surface area (Å²) in [6, 6.07) is 8.30. The zero-order valence-electron chi connectivity index (χ0n) is 14.0. The molecule has 1 saturated carbocycles. The van der Waals surface area contributed by atoms with Crippen LogP contribution >= 0.6 is 11.8 Å². The summed E-state index contributed by atoms with van der Waals surface area (Å²) in [4.78, 5) is 13.2. The molecule has 2 aromatic rings. The van der Waals surface area contributed by atoms with Crippen LogP contribution in [0.2, 0.25) is 0 Å². The van der Waals surface area contributed by atoms with Gasteiger partial charge in [0.15, 0.2) is 0 Å². The Morgan fingerprint density at radius 1 is 1.22 bits per heavy atom. The number of nitrogens with zero attached hydrogens (tertiary/aromatic N) is 1. The van der Waals surface area contributed by atoms with Crippen molar-refractivity contribution in [1.82, 2.24) is 4.57 Å². The normalized spacial score (nSPS) is 15.1. The first-order chi connectivity index (χ1) is 11.1. The fourth-order valence-electron chi connectivity index (χ4n) is 3.18. The van der Waals surface area contributed by atoms with Gasteiger partial charge in [-0.05, 0) is 63.1 Å². The van der Waals surface area contributed by atoms with Crippen LogP contribution in [0.5, 0.6) is 5.75 Å². The molecule has 1 aromatic carbocycles. The summed E-state index contributed by atoms with van der Waals surface area (Å²) in [7, 11) is 1.80. The van der Waals surface area contributed by atoms with Crippen molar-refractivity contribution in [3.63, 3.8) is 0 Å². The zero-order chi connectivity index (χ0) is 16.4. The highest BCUT2D eigenvalue weighted by molar-refractivity contribution is 7.98. The molecule has 0 saturated heterocycles. The van der Waals surface area contributed by atoms with Gasteiger partial charge in [0, 0.05) is 34.8 Å². The maximum absolute atomic E-state index is 12.0. The molecular formula is C19H23NO2S. The van der Waals surface area contributed by atoms with Crippen molar-refractivity contribution in [1.29, 1.82) is 0 Å². The van der Waals surface area contributed by atoms with Gasteiger partial charge in [0.1, 0.15) is 5.75 Å². The van der Waals surface area contributed by atoms with Crippen LogP contribution in [0, 0.1) is 6.92 Å². The third kappa shape index (κ3) is 3.47. The maximum Gasteiger partial charge on any atom is 0.253 e. The summed E-state index contributed by atoms with van der Waals surface area (Å²) in [6.07, 6.45) is 9.07. The molecule has 0 N–H and O–H groups in total. The van der Waals surface area contributed by atoms with Gasteiger partial charge in [0.2, 0.25) is 0 Å². The second kappa shape index (κ2) is 6.83. The minimum absolute atomic E-state index is 0.0491. The van der Waals surface area contributed by atoms with E-state index in [1.54, 1.807) is 23.4 Å². The molecule has 0 amide bonds. The molecule has 0 bridgehead atoms. The molecule has 1 aliphatic rings. The fraction of sp³-hybridized carbons (Fsp3) is 0.421. The summed E-state index contributed by atoms with van der Waals surface area (Å²) in [5, 5.41) is 0. The largest absolute Gasteiger partial charge is 0.490 e. The van der Waals surface area contributed by atoms with Crippen molar-refractivity contribution in [3.8, 4) is 16.9 Å². The molecule has 1 aliphatic carbocycles. The highest BCUT2D eigenvalue weighted by Gasteiger charge is 2.19. The Morgan fingerprint density at radius 3 is 2.61 bits per heavy atom. The van der Waals surface area contributed by atoms with E-state index in [4.69, 9.17) is 4.74 Å². The number of hydrogen-bond acceptors (Lipinski definition) is 3. The van der Waals surface area contributed by atoms with Crippen molar-refractivity contribution in [2.45, 2.75) is 43.6 Å². The van der Waals surface area contributed by atoms with Gasteiger partial charge in [-0.3, -0.25) is 4.79 Å². The molecule has 0 unspecified atom stereocenters. The molecule has 0 radical (unpaired) electrons. The van der Waals surface area contributed by atoms with Gasteiger partial charge >= 0.3 is 0 Å². The van der Waals surface area contributed by atoms with E-state index in [2.05, 4.69) is 24.5 Å². The number of aryl methyl sites for hydroxylation is 2. The Bertz CT molecular complexity index is 734. The van der Waals surface area contributed by atoms with E-state index in [-0.39, 0.29) is 5.56 Å². The summed E-state index contributed by atoms with van der Waals surface area (Å²) < 4.78 is 7.92. The molecule has 0 spiro atoms. The Hall–Kier alpha value is -1.68. The summed E-state index contributed by atoms with van der Waals surface area (Å²) >= 11 is 1.72. The van der Waals surface area contributed by atoms with Gasteiger partial charge < -0.3 is 9.30 Å². The van der Waals surface area contributed by atoms with Crippen LogP contribution in [0.15, 0.2) is 40.2 Å². The highest BCUT2D eigenvalue weighted by Crippen LogP contribution is 2.35. The van der Waals surface area contributed by atoms with Crippen LogP contribution < -0.4 is 10.3 Å². The lowest BCUT2D eigenvalue weighted by Crippen LogP contribution is -2.18. The monoisotopic (exact) mass is 329 g/mol. The average molecular weight is 329 g/mol.